The minimum absolute atomic E-state index is 0.632. The molecule has 25 heavy (non-hydrogen) atoms. The Bertz CT molecular complexity index is 827. The fraction of sp³-hybridized carbons (Fsp3) is 0.278. The maximum absolute atomic E-state index is 4.88. The second-order valence-electron chi connectivity index (χ2n) is 5.64. The van der Waals surface area contributed by atoms with Crippen LogP contribution in [0.4, 0.5) is 0 Å². The summed E-state index contributed by atoms with van der Waals surface area (Å²) >= 11 is 1.71. The van der Waals surface area contributed by atoms with Crippen LogP contribution in [0.25, 0.3) is 10.6 Å². The van der Waals surface area contributed by atoms with Crippen LogP contribution in [0.15, 0.2) is 52.2 Å². The molecule has 0 saturated heterocycles. The number of hydrogen-bond donors (Lipinski definition) is 1. The number of nitrogens with one attached hydrogen (secondary N) is 1. The van der Waals surface area contributed by atoms with Crippen molar-refractivity contribution in [1.29, 1.82) is 0 Å². The number of aromatic nitrogens is 2. The van der Waals surface area contributed by atoms with Crippen LogP contribution in [-0.2, 0) is 13.1 Å². The molecule has 0 radical (unpaired) electrons. The lowest BCUT2D eigenvalue weighted by Gasteiger charge is -2.20. The van der Waals surface area contributed by atoms with Gasteiger partial charge in [0.15, 0.2) is 5.96 Å². The van der Waals surface area contributed by atoms with Crippen LogP contribution in [0.3, 0.4) is 0 Å². The van der Waals surface area contributed by atoms with Crippen molar-refractivity contribution in [2.24, 2.45) is 4.99 Å². The third-order valence-corrected chi connectivity index (χ3v) is 4.99. The molecule has 3 rings (SSSR count). The van der Waals surface area contributed by atoms with Crippen LogP contribution in [0.1, 0.15) is 16.3 Å². The van der Waals surface area contributed by atoms with Crippen LogP contribution in [0, 0.1) is 6.92 Å². The van der Waals surface area contributed by atoms with E-state index in [2.05, 4.69) is 27.6 Å². The number of aryl methyl sites for hydroxylation is 1. The maximum Gasteiger partial charge on any atom is 0.194 e. The Labute approximate surface area is 151 Å². The van der Waals surface area contributed by atoms with Crippen molar-refractivity contribution in [2.45, 2.75) is 20.0 Å². The zero-order valence-electron chi connectivity index (χ0n) is 14.6. The van der Waals surface area contributed by atoms with Gasteiger partial charge in [0.05, 0.1) is 18.8 Å². The van der Waals surface area contributed by atoms with Gasteiger partial charge in [0.1, 0.15) is 17.0 Å². The van der Waals surface area contributed by atoms with Crippen LogP contribution >= 0.6 is 11.3 Å². The van der Waals surface area contributed by atoms with Gasteiger partial charge >= 0.3 is 0 Å². The highest BCUT2D eigenvalue weighted by Crippen LogP contribution is 2.27. The normalized spacial score (nSPS) is 11.6. The molecule has 0 unspecified atom stereocenters. The second kappa shape index (κ2) is 7.94. The molecule has 0 fully saturated rings. The maximum atomic E-state index is 4.88. The Morgan fingerprint density at radius 2 is 2.08 bits per heavy atom. The Morgan fingerprint density at radius 3 is 2.76 bits per heavy atom. The van der Waals surface area contributed by atoms with Crippen LogP contribution in [0.2, 0.25) is 0 Å². The smallest absolute Gasteiger partial charge is 0.194 e. The molecule has 0 aliphatic heterocycles. The van der Waals surface area contributed by atoms with E-state index in [9.17, 15) is 0 Å². The van der Waals surface area contributed by atoms with Gasteiger partial charge in [-0.1, -0.05) is 35.5 Å². The average molecular weight is 355 g/mol. The van der Waals surface area contributed by atoms with E-state index < -0.39 is 0 Å². The fourth-order valence-electron chi connectivity index (χ4n) is 2.48. The number of guanidine groups is 1. The summed E-state index contributed by atoms with van der Waals surface area (Å²) in [7, 11) is 3.75. The quantitative estimate of drug-likeness (QED) is 0.562. The largest absolute Gasteiger partial charge is 0.364 e. The van der Waals surface area contributed by atoms with Crippen molar-refractivity contribution in [3.63, 3.8) is 0 Å². The van der Waals surface area contributed by atoms with Crippen molar-refractivity contribution in [3.8, 4) is 10.6 Å². The molecule has 6 nitrogen and oxygen atoms in total. The van der Waals surface area contributed by atoms with Crippen molar-refractivity contribution >= 4 is 17.3 Å². The number of thiazole rings is 1. The molecule has 130 valence electrons. The topological polar surface area (TPSA) is 66.6 Å². The molecule has 0 spiro atoms. The third kappa shape index (κ3) is 4.24. The minimum atomic E-state index is 0.632. The van der Waals surface area contributed by atoms with Gasteiger partial charge in [0, 0.05) is 30.6 Å². The first kappa shape index (κ1) is 17.2. The summed E-state index contributed by atoms with van der Waals surface area (Å²) in [6.45, 7) is 3.36. The van der Waals surface area contributed by atoms with Gasteiger partial charge in [0.25, 0.3) is 0 Å². The molecule has 1 N–H and O–H groups in total. The lowest BCUT2D eigenvalue weighted by atomic mass is 10.2. The Balaban J connectivity index is 1.65. The highest BCUT2D eigenvalue weighted by molar-refractivity contribution is 7.15. The predicted molar refractivity (Wildman–Crippen MR) is 100 cm³/mol. The van der Waals surface area contributed by atoms with Crippen LogP contribution in [0.5, 0.6) is 0 Å². The lowest BCUT2D eigenvalue weighted by molar-refractivity contribution is 0.391. The summed E-state index contributed by atoms with van der Waals surface area (Å²) in [6, 6.07) is 12.1. The van der Waals surface area contributed by atoms with Gasteiger partial charge in [-0.15, -0.1) is 11.3 Å². The van der Waals surface area contributed by atoms with Crippen molar-refractivity contribution in [2.75, 3.05) is 14.1 Å². The highest BCUT2D eigenvalue weighted by atomic mass is 32.1. The van der Waals surface area contributed by atoms with E-state index >= 15 is 0 Å². The molecular formula is C18H21N5OS. The molecule has 1 aromatic carbocycles. The molecule has 7 heteroatoms. The molecule has 0 amide bonds. The van der Waals surface area contributed by atoms with Gasteiger partial charge in [-0.2, -0.15) is 0 Å². The molecule has 0 aliphatic carbocycles. The standard InChI is InChI=1S/C18H21N5OS/c1-13-16(25-17(21-13)14-7-5-4-6-8-14)11-20-18(19-2)23(3)12-15-9-10-24-22-15/h4-10H,11-12H2,1-3H3,(H,19,20). The van der Waals surface area contributed by atoms with Crippen molar-refractivity contribution in [3.05, 3.63) is 58.9 Å². The molecule has 3 aromatic rings. The van der Waals surface area contributed by atoms with Crippen molar-refractivity contribution in [1.82, 2.24) is 20.4 Å². The van der Waals surface area contributed by atoms with Crippen LogP contribution < -0.4 is 5.32 Å². The van der Waals surface area contributed by atoms with E-state index in [0.717, 1.165) is 27.9 Å². The van der Waals surface area contributed by atoms with Gasteiger partial charge in [0.2, 0.25) is 0 Å². The third-order valence-electron chi connectivity index (χ3n) is 3.78. The molecule has 2 heterocycles. The molecule has 2 aromatic heterocycles. The van der Waals surface area contributed by atoms with Crippen LogP contribution in [-0.4, -0.2) is 35.1 Å². The summed E-state index contributed by atoms with van der Waals surface area (Å²) in [5, 5.41) is 8.37. The first-order chi connectivity index (χ1) is 12.2. The molecule has 0 bridgehead atoms. The first-order valence-corrected chi connectivity index (χ1v) is 8.82. The summed E-state index contributed by atoms with van der Waals surface area (Å²) in [5.74, 6) is 0.803. The monoisotopic (exact) mass is 355 g/mol. The zero-order valence-corrected chi connectivity index (χ0v) is 15.4. The Morgan fingerprint density at radius 1 is 1.28 bits per heavy atom. The van der Waals surface area contributed by atoms with Crippen molar-refractivity contribution < 1.29 is 4.52 Å². The van der Waals surface area contributed by atoms with E-state index in [0.29, 0.717) is 13.1 Å². The number of benzene rings is 1. The molecular weight excluding hydrogens is 334 g/mol. The zero-order chi connectivity index (χ0) is 17.6. The molecule has 0 saturated carbocycles. The van der Waals surface area contributed by atoms with Gasteiger partial charge in [-0.25, -0.2) is 4.98 Å². The molecule has 0 aliphatic rings. The minimum Gasteiger partial charge on any atom is -0.364 e. The second-order valence-corrected chi connectivity index (χ2v) is 6.72. The van der Waals surface area contributed by atoms with E-state index in [1.165, 1.54) is 4.88 Å². The van der Waals surface area contributed by atoms with E-state index in [-0.39, 0.29) is 0 Å². The summed E-state index contributed by atoms with van der Waals surface area (Å²) in [4.78, 5) is 12.2. The van der Waals surface area contributed by atoms with E-state index in [4.69, 9.17) is 9.51 Å². The van der Waals surface area contributed by atoms with Gasteiger partial charge < -0.3 is 14.7 Å². The first-order valence-electron chi connectivity index (χ1n) is 8.00. The van der Waals surface area contributed by atoms with E-state index in [1.807, 2.05) is 43.1 Å². The molecule has 0 atom stereocenters. The highest BCUT2D eigenvalue weighted by Gasteiger charge is 2.12. The fourth-order valence-corrected chi connectivity index (χ4v) is 3.48. The summed E-state index contributed by atoms with van der Waals surface area (Å²) in [5.41, 5.74) is 3.06. The van der Waals surface area contributed by atoms with Gasteiger partial charge in [-0.05, 0) is 6.92 Å². The average Bonchev–Trinajstić information content (AvgIpc) is 3.26. The number of hydrogen-bond acceptors (Lipinski definition) is 5. The van der Waals surface area contributed by atoms with E-state index in [1.54, 1.807) is 24.6 Å². The number of rotatable bonds is 5. The number of nitrogens with zero attached hydrogens (tertiary/aromatic N) is 4. The van der Waals surface area contributed by atoms with Gasteiger partial charge in [-0.3, -0.25) is 4.99 Å². The predicted octanol–water partition coefficient (Wildman–Crippen LogP) is 3.31. The Hall–Kier alpha value is -2.67. The Kier molecular flexibility index (Phi) is 5.45. The summed E-state index contributed by atoms with van der Waals surface area (Å²) in [6.07, 6.45) is 1.57. The SMILES string of the molecule is CN=C(NCc1sc(-c2ccccc2)nc1C)N(C)Cc1ccon1. The number of aliphatic imine (C=N–C) groups is 1. The summed E-state index contributed by atoms with van der Waals surface area (Å²) < 4.78 is 4.88. The lowest BCUT2D eigenvalue weighted by Crippen LogP contribution is -2.38.